The molecule has 0 atom stereocenters. The minimum atomic E-state index is -0.644. The van der Waals surface area contributed by atoms with Crippen LogP contribution in [0.1, 0.15) is 12.5 Å². The predicted octanol–water partition coefficient (Wildman–Crippen LogP) is 2.71. The third-order valence-electron chi connectivity index (χ3n) is 3.17. The minimum Gasteiger partial charge on any atom is -0.382 e. The Morgan fingerprint density at radius 2 is 1.90 bits per heavy atom. The Morgan fingerprint density at radius 1 is 1.15 bits per heavy atom. The van der Waals surface area contributed by atoms with Crippen LogP contribution < -0.4 is 10.3 Å². The van der Waals surface area contributed by atoms with E-state index in [1.807, 2.05) is 43.3 Å². The molecule has 1 aliphatic heterocycles. The van der Waals surface area contributed by atoms with E-state index >= 15 is 0 Å². The number of hydrogen-bond donors (Lipinski definition) is 1. The molecule has 2 heterocycles. The lowest BCUT2D eigenvalue weighted by atomic mass is 10.1. The van der Waals surface area contributed by atoms with Crippen LogP contribution in [0.5, 0.6) is 5.75 Å². The summed E-state index contributed by atoms with van der Waals surface area (Å²) in [5.74, 6) is 0.0640. The van der Waals surface area contributed by atoms with Crippen molar-refractivity contribution in [3.63, 3.8) is 0 Å². The highest BCUT2D eigenvalue weighted by molar-refractivity contribution is 5.39. The SMILES string of the molecule is CC1(c2ccc(ONc3cccnc3)cc2)OCCO1. The Labute approximate surface area is 117 Å². The average Bonchev–Trinajstić information content (AvgIpc) is 2.95. The van der Waals surface area contributed by atoms with Gasteiger partial charge in [-0.25, -0.2) is 5.48 Å². The van der Waals surface area contributed by atoms with Crippen molar-refractivity contribution in [3.8, 4) is 5.75 Å². The lowest BCUT2D eigenvalue weighted by Gasteiger charge is -2.22. The summed E-state index contributed by atoms with van der Waals surface area (Å²) >= 11 is 0. The summed E-state index contributed by atoms with van der Waals surface area (Å²) < 4.78 is 11.2. The first-order valence-electron chi connectivity index (χ1n) is 6.48. The van der Waals surface area contributed by atoms with Crippen LogP contribution in [0, 0.1) is 0 Å². The molecule has 5 heteroatoms. The van der Waals surface area contributed by atoms with Gasteiger partial charge in [-0.05, 0) is 43.3 Å². The van der Waals surface area contributed by atoms with Crippen LogP contribution in [-0.4, -0.2) is 18.2 Å². The number of benzene rings is 1. The Morgan fingerprint density at radius 3 is 2.55 bits per heavy atom. The number of hydrogen-bond acceptors (Lipinski definition) is 5. The molecule has 0 unspecified atom stereocenters. The van der Waals surface area contributed by atoms with Crippen LogP contribution in [-0.2, 0) is 15.3 Å². The van der Waals surface area contributed by atoms with E-state index in [0.29, 0.717) is 19.0 Å². The first-order chi connectivity index (χ1) is 9.76. The van der Waals surface area contributed by atoms with E-state index in [2.05, 4.69) is 10.5 Å². The van der Waals surface area contributed by atoms with E-state index in [4.69, 9.17) is 14.3 Å². The van der Waals surface area contributed by atoms with Crippen molar-refractivity contribution in [3.05, 3.63) is 54.4 Å². The standard InChI is InChI=1S/C15H16N2O3/c1-15(18-9-10-19-15)12-4-6-14(7-5-12)20-17-13-3-2-8-16-11-13/h2-8,11,17H,9-10H2,1H3. The highest BCUT2D eigenvalue weighted by Gasteiger charge is 2.32. The molecule has 0 saturated carbocycles. The smallest absolute Gasteiger partial charge is 0.192 e. The van der Waals surface area contributed by atoms with Crippen molar-refractivity contribution in [1.29, 1.82) is 0 Å². The maximum atomic E-state index is 5.61. The third kappa shape index (κ3) is 2.74. The van der Waals surface area contributed by atoms with Crippen molar-refractivity contribution in [2.45, 2.75) is 12.7 Å². The Balaban J connectivity index is 1.64. The van der Waals surface area contributed by atoms with E-state index in [9.17, 15) is 0 Å². The summed E-state index contributed by atoms with van der Waals surface area (Å²) in [5, 5.41) is 0. The number of anilines is 1. The molecule has 5 nitrogen and oxygen atoms in total. The molecule has 1 aromatic carbocycles. The summed E-state index contributed by atoms with van der Waals surface area (Å²) in [6, 6.07) is 11.3. The molecule has 0 radical (unpaired) electrons. The van der Waals surface area contributed by atoms with Crippen molar-refractivity contribution < 1.29 is 14.3 Å². The fourth-order valence-corrected chi connectivity index (χ4v) is 2.05. The van der Waals surface area contributed by atoms with Crippen LogP contribution in [0.4, 0.5) is 5.69 Å². The first-order valence-corrected chi connectivity index (χ1v) is 6.48. The lowest BCUT2D eigenvalue weighted by Crippen LogP contribution is -2.22. The predicted molar refractivity (Wildman–Crippen MR) is 74.2 cm³/mol. The molecule has 1 N–H and O–H groups in total. The summed E-state index contributed by atoms with van der Waals surface area (Å²) in [7, 11) is 0. The maximum absolute atomic E-state index is 5.61. The first kappa shape index (κ1) is 12.9. The number of ether oxygens (including phenoxy) is 2. The Bertz CT molecular complexity index is 551. The van der Waals surface area contributed by atoms with Gasteiger partial charge < -0.3 is 14.3 Å². The molecule has 0 bridgehead atoms. The van der Waals surface area contributed by atoms with Crippen molar-refractivity contribution in [2.24, 2.45) is 0 Å². The quantitative estimate of drug-likeness (QED) is 0.867. The molecule has 20 heavy (non-hydrogen) atoms. The van der Waals surface area contributed by atoms with Gasteiger partial charge in [0.05, 0.1) is 25.1 Å². The van der Waals surface area contributed by atoms with Gasteiger partial charge in [0.25, 0.3) is 0 Å². The van der Waals surface area contributed by atoms with Crippen molar-refractivity contribution in [2.75, 3.05) is 18.7 Å². The second kappa shape index (κ2) is 5.48. The zero-order valence-corrected chi connectivity index (χ0v) is 11.2. The van der Waals surface area contributed by atoms with Gasteiger partial charge in [-0.3, -0.25) is 4.98 Å². The molecule has 104 valence electrons. The van der Waals surface area contributed by atoms with Gasteiger partial charge in [-0.15, -0.1) is 0 Å². The fourth-order valence-electron chi connectivity index (χ4n) is 2.05. The molecule has 2 aromatic rings. The summed E-state index contributed by atoms with van der Waals surface area (Å²) in [4.78, 5) is 9.47. The second-order valence-electron chi connectivity index (χ2n) is 4.61. The van der Waals surface area contributed by atoms with Crippen LogP contribution >= 0.6 is 0 Å². The number of pyridine rings is 1. The second-order valence-corrected chi connectivity index (χ2v) is 4.61. The van der Waals surface area contributed by atoms with Gasteiger partial charge in [0.1, 0.15) is 0 Å². The zero-order chi connectivity index (χ0) is 13.8. The van der Waals surface area contributed by atoms with Gasteiger partial charge in [0, 0.05) is 11.8 Å². The van der Waals surface area contributed by atoms with Crippen LogP contribution in [0.2, 0.25) is 0 Å². The highest BCUT2D eigenvalue weighted by atomic mass is 16.7. The van der Waals surface area contributed by atoms with E-state index in [0.717, 1.165) is 11.3 Å². The van der Waals surface area contributed by atoms with Crippen molar-refractivity contribution in [1.82, 2.24) is 4.98 Å². The van der Waals surface area contributed by atoms with E-state index in [1.165, 1.54) is 0 Å². The van der Waals surface area contributed by atoms with Gasteiger partial charge >= 0.3 is 0 Å². The van der Waals surface area contributed by atoms with Crippen molar-refractivity contribution >= 4 is 5.69 Å². The van der Waals surface area contributed by atoms with E-state index in [1.54, 1.807) is 12.4 Å². The molecule has 3 rings (SSSR count). The van der Waals surface area contributed by atoms with Gasteiger partial charge in [0.2, 0.25) is 0 Å². The largest absolute Gasteiger partial charge is 0.382 e. The molecule has 0 aliphatic carbocycles. The summed E-state index contributed by atoms with van der Waals surface area (Å²) in [6.45, 7) is 3.17. The zero-order valence-electron chi connectivity index (χ0n) is 11.2. The fraction of sp³-hybridized carbons (Fsp3) is 0.267. The summed E-state index contributed by atoms with van der Waals surface area (Å²) in [6.07, 6.45) is 3.40. The van der Waals surface area contributed by atoms with Gasteiger partial charge in [0.15, 0.2) is 11.5 Å². The van der Waals surface area contributed by atoms with Crippen LogP contribution in [0.3, 0.4) is 0 Å². The van der Waals surface area contributed by atoms with Crippen LogP contribution in [0.15, 0.2) is 48.8 Å². The molecular formula is C15H16N2O3. The molecular weight excluding hydrogens is 256 g/mol. The molecule has 1 aliphatic rings. The third-order valence-corrected chi connectivity index (χ3v) is 3.17. The number of nitrogens with zero attached hydrogens (tertiary/aromatic N) is 1. The number of nitrogens with one attached hydrogen (secondary N) is 1. The normalized spacial score (nSPS) is 16.9. The summed E-state index contributed by atoms with van der Waals surface area (Å²) in [5.41, 5.74) is 4.61. The molecule has 0 amide bonds. The van der Waals surface area contributed by atoms with Crippen LogP contribution in [0.25, 0.3) is 0 Å². The minimum absolute atomic E-state index is 0.622. The Hall–Kier alpha value is -2.11. The highest BCUT2D eigenvalue weighted by Crippen LogP contribution is 2.31. The Kier molecular flexibility index (Phi) is 3.54. The molecule has 1 saturated heterocycles. The maximum Gasteiger partial charge on any atom is 0.192 e. The van der Waals surface area contributed by atoms with Gasteiger partial charge in [-0.1, -0.05) is 0 Å². The molecule has 0 spiro atoms. The topological polar surface area (TPSA) is 52.6 Å². The average molecular weight is 272 g/mol. The van der Waals surface area contributed by atoms with Gasteiger partial charge in [-0.2, -0.15) is 0 Å². The molecule has 1 fully saturated rings. The lowest BCUT2D eigenvalue weighted by molar-refractivity contribution is -0.149. The molecule has 1 aromatic heterocycles. The monoisotopic (exact) mass is 272 g/mol. The number of rotatable bonds is 4. The van der Waals surface area contributed by atoms with E-state index in [-0.39, 0.29) is 0 Å². The number of aromatic nitrogens is 1. The van der Waals surface area contributed by atoms with E-state index < -0.39 is 5.79 Å².